The molecule has 136 valence electrons. The summed E-state index contributed by atoms with van der Waals surface area (Å²) in [4.78, 5) is 25.2. The van der Waals surface area contributed by atoms with Gasteiger partial charge in [0.25, 0.3) is 0 Å². The van der Waals surface area contributed by atoms with E-state index in [0.717, 1.165) is 18.5 Å². The molecular weight excluding hydrogens is 334 g/mol. The predicted molar refractivity (Wildman–Crippen MR) is 100 cm³/mol. The maximum absolute atomic E-state index is 12.9. The highest BCUT2D eigenvalue weighted by Crippen LogP contribution is 2.55. The minimum absolute atomic E-state index is 0.180. The first kappa shape index (κ1) is 18.3. The number of benzene rings is 1. The van der Waals surface area contributed by atoms with E-state index in [1.54, 1.807) is 0 Å². The number of carbonyl (C=O) groups excluding carboxylic acids is 2. The molecule has 2 aliphatic carbocycles. The largest absolute Gasteiger partial charge is 0.469 e. The van der Waals surface area contributed by atoms with Gasteiger partial charge in [-0.25, -0.2) is 0 Å². The van der Waals surface area contributed by atoms with E-state index in [4.69, 9.17) is 5.73 Å². The van der Waals surface area contributed by atoms with Crippen molar-refractivity contribution in [2.75, 3.05) is 12.8 Å². The van der Waals surface area contributed by atoms with Gasteiger partial charge >= 0.3 is 5.97 Å². The first-order chi connectivity index (χ1) is 12.1. The summed E-state index contributed by atoms with van der Waals surface area (Å²) in [5.74, 6) is 1.61. The lowest BCUT2D eigenvalue weighted by Gasteiger charge is -2.29. The highest BCUT2D eigenvalue weighted by molar-refractivity contribution is 8.00. The van der Waals surface area contributed by atoms with Gasteiger partial charge in [-0.15, -0.1) is 11.8 Å². The summed E-state index contributed by atoms with van der Waals surface area (Å²) in [7, 11) is 1.40. The number of nitrogen functional groups attached to an aromatic ring is 1. The van der Waals surface area contributed by atoms with E-state index in [0.29, 0.717) is 35.7 Å². The first-order valence-corrected chi connectivity index (χ1v) is 10.1. The minimum Gasteiger partial charge on any atom is -0.469 e. The van der Waals surface area contributed by atoms with Crippen molar-refractivity contribution < 1.29 is 14.3 Å². The van der Waals surface area contributed by atoms with Gasteiger partial charge in [0.05, 0.1) is 7.11 Å². The number of nitrogens with two attached hydrogens (primary N) is 1. The quantitative estimate of drug-likeness (QED) is 0.429. The molecule has 0 amide bonds. The van der Waals surface area contributed by atoms with Crippen LogP contribution in [0.5, 0.6) is 0 Å². The molecule has 2 fully saturated rings. The van der Waals surface area contributed by atoms with E-state index in [-0.39, 0.29) is 11.9 Å². The Kier molecular flexibility index (Phi) is 6.05. The van der Waals surface area contributed by atoms with E-state index in [1.807, 2.05) is 23.9 Å². The number of fused-ring (bicyclic) bond motifs is 2. The van der Waals surface area contributed by atoms with Crippen molar-refractivity contribution in [1.82, 2.24) is 0 Å². The van der Waals surface area contributed by atoms with Gasteiger partial charge in [0.1, 0.15) is 5.78 Å². The summed E-state index contributed by atoms with van der Waals surface area (Å²) < 4.78 is 4.65. The Labute approximate surface area is 153 Å². The zero-order valence-corrected chi connectivity index (χ0v) is 15.6. The zero-order chi connectivity index (χ0) is 17.8. The number of unbranched alkanes of at least 4 members (excludes halogenated alkanes) is 1. The Morgan fingerprint density at radius 1 is 1.12 bits per heavy atom. The molecule has 2 aliphatic rings. The van der Waals surface area contributed by atoms with Crippen molar-refractivity contribution in [3.05, 3.63) is 24.3 Å². The summed E-state index contributed by atoms with van der Waals surface area (Å²) in [6.07, 6.45) is 6.15. The Hall–Kier alpha value is -1.49. The molecule has 0 radical (unpaired) electrons. The van der Waals surface area contributed by atoms with Crippen LogP contribution >= 0.6 is 11.8 Å². The van der Waals surface area contributed by atoms with E-state index in [2.05, 4.69) is 16.9 Å². The molecule has 0 heterocycles. The van der Waals surface area contributed by atoms with Gasteiger partial charge in [0.2, 0.25) is 0 Å². The lowest BCUT2D eigenvalue weighted by atomic mass is 9.83. The molecular formula is C20H27NO3S. The molecule has 2 saturated carbocycles. The number of ether oxygens (including phenoxy) is 1. The van der Waals surface area contributed by atoms with Crippen LogP contribution in [-0.2, 0) is 14.3 Å². The third-order valence-corrected chi connectivity index (χ3v) is 7.14. The molecule has 0 spiro atoms. The molecule has 3 rings (SSSR count). The van der Waals surface area contributed by atoms with Crippen LogP contribution in [0.1, 0.15) is 44.9 Å². The second kappa shape index (κ2) is 8.26. The number of ketones is 1. The molecule has 25 heavy (non-hydrogen) atoms. The molecule has 0 aromatic heterocycles. The maximum atomic E-state index is 12.9. The Morgan fingerprint density at radius 3 is 2.52 bits per heavy atom. The summed E-state index contributed by atoms with van der Waals surface area (Å²) in [6, 6.07) is 7.98. The van der Waals surface area contributed by atoms with Gasteiger partial charge < -0.3 is 10.5 Å². The van der Waals surface area contributed by atoms with Crippen molar-refractivity contribution in [3.63, 3.8) is 0 Å². The summed E-state index contributed by atoms with van der Waals surface area (Å²) in [5, 5.41) is 0.399. The second-order valence-corrected chi connectivity index (χ2v) is 8.51. The van der Waals surface area contributed by atoms with E-state index in [9.17, 15) is 9.59 Å². The highest BCUT2D eigenvalue weighted by Gasteiger charge is 2.50. The van der Waals surface area contributed by atoms with Crippen LogP contribution in [0.4, 0.5) is 5.69 Å². The van der Waals surface area contributed by atoms with E-state index >= 15 is 0 Å². The molecule has 0 aliphatic heterocycles. The summed E-state index contributed by atoms with van der Waals surface area (Å²) in [6.45, 7) is 0. The standard InChI is InChI=1S/C20H27NO3S/c1-24-18(23)5-3-2-4-17(22)19-13-6-7-14(12-13)20(19)25-16-10-8-15(21)9-11-16/h8-11,13-14,19-20H,2-7,12,21H2,1H3. The highest BCUT2D eigenvalue weighted by atomic mass is 32.2. The topological polar surface area (TPSA) is 69.4 Å². The van der Waals surface area contributed by atoms with Crippen molar-refractivity contribution in [3.8, 4) is 0 Å². The molecule has 2 N–H and O–H groups in total. The lowest BCUT2D eigenvalue weighted by molar-refractivity contribution is -0.140. The van der Waals surface area contributed by atoms with Crippen molar-refractivity contribution in [2.24, 2.45) is 17.8 Å². The van der Waals surface area contributed by atoms with Gasteiger partial charge in [-0.2, -0.15) is 0 Å². The van der Waals surface area contributed by atoms with Gasteiger partial charge in [-0.05, 0) is 68.2 Å². The fraction of sp³-hybridized carbons (Fsp3) is 0.600. The van der Waals surface area contributed by atoms with E-state index in [1.165, 1.54) is 31.3 Å². The monoisotopic (exact) mass is 361 g/mol. The molecule has 4 unspecified atom stereocenters. The average molecular weight is 362 g/mol. The van der Waals surface area contributed by atoms with Crippen LogP contribution in [0.2, 0.25) is 0 Å². The number of Topliss-reactive ketones (excluding diaryl/α,β-unsaturated/α-hetero) is 1. The number of esters is 1. The Bertz CT molecular complexity index is 616. The Morgan fingerprint density at radius 2 is 1.80 bits per heavy atom. The van der Waals surface area contributed by atoms with Gasteiger partial charge in [0.15, 0.2) is 0 Å². The molecule has 0 saturated heterocycles. The van der Waals surface area contributed by atoms with Crippen molar-refractivity contribution in [2.45, 2.75) is 55.1 Å². The van der Waals surface area contributed by atoms with Gasteiger partial charge in [0, 0.05) is 34.6 Å². The molecule has 4 nitrogen and oxygen atoms in total. The lowest BCUT2D eigenvalue weighted by Crippen LogP contribution is -2.31. The number of hydrogen-bond donors (Lipinski definition) is 1. The predicted octanol–water partition coefficient (Wildman–Crippen LogP) is 4.08. The van der Waals surface area contributed by atoms with Crippen LogP contribution in [0, 0.1) is 17.8 Å². The smallest absolute Gasteiger partial charge is 0.305 e. The Balaban J connectivity index is 1.57. The number of hydrogen-bond acceptors (Lipinski definition) is 5. The summed E-state index contributed by atoms with van der Waals surface area (Å²) in [5.41, 5.74) is 6.55. The van der Waals surface area contributed by atoms with Crippen LogP contribution in [-0.4, -0.2) is 24.1 Å². The fourth-order valence-electron chi connectivity index (χ4n) is 4.40. The zero-order valence-electron chi connectivity index (χ0n) is 14.8. The first-order valence-electron chi connectivity index (χ1n) is 9.20. The van der Waals surface area contributed by atoms with Gasteiger partial charge in [-0.1, -0.05) is 0 Å². The van der Waals surface area contributed by atoms with Crippen LogP contribution < -0.4 is 5.73 Å². The molecule has 1 aromatic rings. The van der Waals surface area contributed by atoms with E-state index < -0.39 is 0 Å². The van der Waals surface area contributed by atoms with Crippen molar-refractivity contribution in [1.29, 1.82) is 0 Å². The van der Waals surface area contributed by atoms with Crippen molar-refractivity contribution >= 4 is 29.2 Å². The number of thioether (sulfide) groups is 1. The SMILES string of the molecule is COC(=O)CCCCC(=O)C1C2CCC(C2)C1Sc1ccc(N)cc1. The number of rotatable bonds is 8. The third kappa shape index (κ3) is 4.38. The number of anilines is 1. The maximum Gasteiger partial charge on any atom is 0.305 e. The third-order valence-electron chi connectivity index (χ3n) is 5.65. The van der Waals surface area contributed by atoms with Crippen LogP contribution in [0.15, 0.2) is 29.2 Å². The molecule has 2 bridgehead atoms. The average Bonchev–Trinajstić information content (AvgIpc) is 3.21. The normalized spacial score (nSPS) is 27.4. The second-order valence-electron chi connectivity index (χ2n) is 7.26. The van der Waals surface area contributed by atoms with Crippen LogP contribution in [0.25, 0.3) is 0 Å². The number of methoxy groups -OCH3 is 1. The molecule has 4 atom stereocenters. The minimum atomic E-state index is -0.191. The molecule has 1 aromatic carbocycles. The van der Waals surface area contributed by atoms with Crippen LogP contribution in [0.3, 0.4) is 0 Å². The number of carbonyl (C=O) groups is 2. The molecule has 5 heteroatoms. The van der Waals surface area contributed by atoms with Gasteiger partial charge in [-0.3, -0.25) is 9.59 Å². The fourth-order valence-corrected chi connectivity index (χ4v) is 5.96. The summed E-state index contributed by atoms with van der Waals surface area (Å²) >= 11 is 1.86.